The summed E-state index contributed by atoms with van der Waals surface area (Å²) in [4.78, 5) is 19.8. The van der Waals surface area contributed by atoms with E-state index in [-0.39, 0.29) is 0 Å². The fourth-order valence-corrected chi connectivity index (χ4v) is 1.83. The molecule has 1 amide bonds. The number of carbonyl (C=O) groups is 1. The second kappa shape index (κ2) is 4.25. The number of rotatable bonds is 3. The van der Waals surface area contributed by atoms with Crippen molar-refractivity contribution in [3.05, 3.63) is 11.5 Å². The highest BCUT2D eigenvalue weighted by molar-refractivity contribution is 5.92. The number of aromatic nitrogens is 4. The van der Waals surface area contributed by atoms with Crippen LogP contribution in [0.1, 0.15) is 18.4 Å². The number of hydrogen-bond donors (Lipinski definition) is 2. The zero-order chi connectivity index (χ0) is 13.4. The zero-order valence-electron chi connectivity index (χ0n) is 10.9. The Morgan fingerprint density at radius 1 is 1.39 bits per heavy atom. The first-order valence-electron chi connectivity index (χ1n) is 5.64. The summed E-state index contributed by atoms with van der Waals surface area (Å²) in [7, 11) is 1.82. The Hall–Kier alpha value is -2.18. The number of nitrogens with one attached hydrogen (secondary N) is 1. The van der Waals surface area contributed by atoms with Gasteiger partial charge in [0.05, 0.1) is 11.1 Å². The molecule has 0 saturated carbocycles. The predicted octanol–water partition coefficient (Wildman–Crippen LogP) is 0.266. The van der Waals surface area contributed by atoms with Crippen LogP contribution in [0.5, 0.6) is 0 Å². The number of amides is 1. The van der Waals surface area contributed by atoms with Gasteiger partial charge in [0.2, 0.25) is 5.91 Å². The minimum Gasteiger partial charge on any atom is -0.368 e. The number of fused-ring (bicyclic) bond motifs is 1. The van der Waals surface area contributed by atoms with E-state index in [1.54, 1.807) is 18.5 Å². The molecule has 7 nitrogen and oxygen atoms in total. The molecule has 0 bridgehead atoms. The van der Waals surface area contributed by atoms with E-state index in [9.17, 15) is 4.79 Å². The van der Waals surface area contributed by atoms with E-state index in [1.807, 2.05) is 14.0 Å². The Kier molecular flexibility index (Phi) is 2.90. The van der Waals surface area contributed by atoms with Crippen molar-refractivity contribution < 1.29 is 4.79 Å². The summed E-state index contributed by atoms with van der Waals surface area (Å²) in [5.41, 5.74) is 6.79. The third-order valence-corrected chi connectivity index (χ3v) is 2.75. The normalized spacial score (nSPS) is 12.7. The Balaban J connectivity index is 2.59. The molecule has 0 unspecified atom stereocenters. The van der Waals surface area contributed by atoms with Gasteiger partial charge in [-0.25, -0.2) is 9.97 Å². The largest absolute Gasteiger partial charge is 0.368 e. The number of nitrogens with two attached hydrogens (primary N) is 1. The molecule has 0 aliphatic heterocycles. The first-order valence-corrected chi connectivity index (χ1v) is 5.64. The molecule has 96 valence electrons. The number of carbonyl (C=O) groups excluding carboxylic acids is 1. The molecule has 0 aliphatic carbocycles. The van der Waals surface area contributed by atoms with Gasteiger partial charge in [-0.2, -0.15) is 5.10 Å². The van der Waals surface area contributed by atoms with E-state index in [4.69, 9.17) is 5.73 Å². The molecule has 0 spiro atoms. The molecule has 1 atom stereocenters. The van der Waals surface area contributed by atoms with Gasteiger partial charge in [0.15, 0.2) is 5.65 Å². The molecule has 0 radical (unpaired) electrons. The number of aryl methyl sites for hydroxylation is 3. The minimum atomic E-state index is -0.498. The molecule has 0 aliphatic rings. The Labute approximate surface area is 104 Å². The quantitative estimate of drug-likeness (QED) is 0.812. The predicted molar refractivity (Wildman–Crippen MR) is 68.1 cm³/mol. The van der Waals surface area contributed by atoms with Gasteiger partial charge in [-0.1, -0.05) is 0 Å². The summed E-state index contributed by atoms with van der Waals surface area (Å²) in [5, 5.41) is 8.12. The number of anilines is 1. The van der Waals surface area contributed by atoms with Crippen LogP contribution in [0.3, 0.4) is 0 Å². The van der Waals surface area contributed by atoms with Crippen LogP contribution in [-0.4, -0.2) is 31.7 Å². The van der Waals surface area contributed by atoms with Crippen LogP contribution >= 0.6 is 0 Å². The third kappa shape index (κ3) is 1.99. The molecular weight excluding hydrogens is 232 g/mol. The van der Waals surface area contributed by atoms with Crippen LogP contribution in [0.2, 0.25) is 0 Å². The van der Waals surface area contributed by atoms with Crippen LogP contribution < -0.4 is 11.1 Å². The van der Waals surface area contributed by atoms with Gasteiger partial charge in [0.1, 0.15) is 17.7 Å². The monoisotopic (exact) mass is 248 g/mol. The lowest BCUT2D eigenvalue weighted by Crippen LogP contribution is -2.33. The highest BCUT2D eigenvalue weighted by atomic mass is 16.1. The van der Waals surface area contributed by atoms with Crippen molar-refractivity contribution in [2.45, 2.75) is 26.8 Å². The van der Waals surface area contributed by atoms with E-state index in [2.05, 4.69) is 20.4 Å². The van der Waals surface area contributed by atoms with Crippen molar-refractivity contribution >= 4 is 22.8 Å². The lowest BCUT2D eigenvalue weighted by molar-refractivity contribution is -0.118. The molecule has 2 aromatic heterocycles. The standard InChI is InChI=1S/C11H16N6O/c1-5-8-10(13-6(2)9(12)18)14-7(3)15-11(8)17(4)16-5/h6H,1-4H3,(H2,12,18)(H,13,14,15)/t6-/m0/s1. The van der Waals surface area contributed by atoms with Gasteiger partial charge >= 0.3 is 0 Å². The Morgan fingerprint density at radius 3 is 2.67 bits per heavy atom. The van der Waals surface area contributed by atoms with Gasteiger partial charge in [0.25, 0.3) is 0 Å². The molecule has 0 saturated heterocycles. The zero-order valence-corrected chi connectivity index (χ0v) is 10.9. The van der Waals surface area contributed by atoms with Crippen molar-refractivity contribution in [2.75, 3.05) is 5.32 Å². The summed E-state index contributed by atoms with van der Waals surface area (Å²) in [6, 6.07) is -0.498. The highest BCUT2D eigenvalue weighted by Crippen LogP contribution is 2.23. The molecule has 0 aromatic carbocycles. The molecule has 18 heavy (non-hydrogen) atoms. The van der Waals surface area contributed by atoms with Crippen LogP contribution in [0, 0.1) is 13.8 Å². The molecule has 2 heterocycles. The second-order valence-corrected chi connectivity index (χ2v) is 4.30. The van der Waals surface area contributed by atoms with Gasteiger partial charge < -0.3 is 11.1 Å². The molecule has 2 rings (SSSR count). The van der Waals surface area contributed by atoms with E-state index in [0.29, 0.717) is 11.6 Å². The molecule has 7 heteroatoms. The van der Waals surface area contributed by atoms with Gasteiger partial charge in [0, 0.05) is 7.05 Å². The summed E-state index contributed by atoms with van der Waals surface area (Å²) in [6.45, 7) is 5.36. The molecule has 3 N–H and O–H groups in total. The smallest absolute Gasteiger partial charge is 0.239 e. The Morgan fingerprint density at radius 2 is 2.06 bits per heavy atom. The maximum Gasteiger partial charge on any atom is 0.239 e. The minimum absolute atomic E-state index is 0.430. The number of primary amides is 1. The van der Waals surface area contributed by atoms with E-state index in [0.717, 1.165) is 16.7 Å². The van der Waals surface area contributed by atoms with Crippen LogP contribution in [-0.2, 0) is 11.8 Å². The average Bonchev–Trinajstić information content (AvgIpc) is 2.54. The molecular formula is C11H16N6O. The summed E-state index contributed by atoms with van der Waals surface area (Å²) < 4.78 is 1.69. The van der Waals surface area contributed by atoms with Gasteiger partial charge in [-0.15, -0.1) is 0 Å². The first-order chi connectivity index (χ1) is 8.40. The van der Waals surface area contributed by atoms with Crippen molar-refractivity contribution in [3.8, 4) is 0 Å². The topological polar surface area (TPSA) is 98.7 Å². The number of nitrogens with zero attached hydrogens (tertiary/aromatic N) is 4. The summed E-state index contributed by atoms with van der Waals surface area (Å²) in [6.07, 6.45) is 0. The van der Waals surface area contributed by atoms with Crippen molar-refractivity contribution in [2.24, 2.45) is 12.8 Å². The van der Waals surface area contributed by atoms with Crippen LogP contribution in [0.4, 0.5) is 5.82 Å². The molecule has 2 aromatic rings. The fourth-order valence-electron chi connectivity index (χ4n) is 1.83. The maximum atomic E-state index is 11.1. The van der Waals surface area contributed by atoms with Gasteiger partial charge in [-0.05, 0) is 20.8 Å². The average molecular weight is 248 g/mol. The van der Waals surface area contributed by atoms with E-state index in [1.165, 1.54) is 0 Å². The van der Waals surface area contributed by atoms with Crippen molar-refractivity contribution in [1.29, 1.82) is 0 Å². The summed E-state index contributed by atoms with van der Waals surface area (Å²) >= 11 is 0. The fraction of sp³-hybridized carbons (Fsp3) is 0.455. The maximum absolute atomic E-state index is 11.1. The highest BCUT2D eigenvalue weighted by Gasteiger charge is 2.17. The van der Waals surface area contributed by atoms with Crippen molar-refractivity contribution in [1.82, 2.24) is 19.7 Å². The summed E-state index contributed by atoms with van der Waals surface area (Å²) in [5.74, 6) is 0.778. The van der Waals surface area contributed by atoms with Crippen molar-refractivity contribution in [3.63, 3.8) is 0 Å². The Bertz CT molecular complexity index is 618. The van der Waals surface area contributed by atoms with Crippen LogP contribution in [0.15, 0.2) is 0 Å². The second-order valence-electron chi connectivity index (χ2n) is 4.30. The SMILES string of the molecule is Cc1nc(N[C@@H](C)C(N)=O)c2c(C)nn(C)c2n1. The third-order valence-electron chi connectivity index (χ3n) is 2.75. The van der Waals surface area contributed by atoms with Crippen LogP contribution in [0.25, 0.3) is 11.0 Å². The molecule has 0 fully saturated rings. The van der Waals surface area contributed by atoms with E-state index < -0.39 is 11.9 Å². The number of hydrogen-bond acceptors (Lipinski definition) is 5. The van der Waals surface area contributed by atoms with Gasteiger partial charge in [-0.3, -0.25) is 9.48 Å². The lowest BCUT2D eigenvalue weighted by Gasteiger charge is -2.12. The first kappa shape index (κ1) is 12.3. The lowest BCUT2D eigenvalue weighted by atomic mass is 10.2. The van der Waals surface area contributed by atoms with E-state index >= 15 is 0 Å².